The van der Waals surface area contributed by atoms with Crippen molar-refractivity contribution in [3.05, 3.63) is 0 Å². The summed E-state index contributed by atoms with van der Waals surface area (Å²) in [7, 11) is -4.72. The summed E-state index contributed by atoms with van der Waals surface area (Å²) >= 11 is 0. The molecule has 0 radical (unpaired) electrons. The summed E-state index contributed by atoms with van der Waals surface area (Å²) in [4.78, 5) is 16.5. The Morgan fingerprint density at radius 1 is 1.69 bits per heavy atom. The standard InChI is InChI=1S/C5H13O7P/c1-5(8,3-6)4(7)2-12-13(9,10)11/h4,6-8H,2-3H2,1H3,(H2,9,10,11)/t4-,5+/m1/s1/i1D. The van der Waals surface area contributed by atoms with Crippen molar-refractivity contribution in [1.82, 2.24) is 0 Å². The van der Waals surface area contributed by atoms with E-state index in [1.807, 2.05) is 0 Å². The summed E-state index contributed by atoms with van der Waals surface area (Å²) < 4.78 is 20.9. The first-order valence-electron chi connectivity index (χ1n) is 3.96. The van der Waals surface area contributed by atoms with Crippen LogP contribution in [-0.4, -0.2) is 50.0 Å². The highest BCUT2D eigenvalue weighted by Crippen LogP contribution is 2.36. The molecule has 0 aliphatic rings. The normalized spacial score (nSPS) is 20.5. The molecule has 0 aromatic carbocycles. The van der Waals surface area contributed by atoms with Gasteiger partial charge in [0, 0.05) is 1.37 Å². The van der Waals surface area contributed by atoms with E-state index in [0.717, 1.165) is 0 Å². The first-order valence-corrected chi connectivity index (χ1v) is 4.79. The number of aliphatic hydroxyl groups is 3. The lowest BCUT2D eigenvalue weighted by Crippen LogP contribution is -2.45. The van der Waals surface area contributed by atoms with Gasteiger partial charge in [0.05, 0.1) is 13.2 Å². The van der Waals surface area contributed by atoms with Gasteiger partial charge >= 0.3 is 7.82 Å². The fourth-order valence-electron chi connectivity index (χ4n) is 0.428. The third-order valence-electron chi connectivity index (χ3n) is 1.29. The van der Waals surface area contributed by atoms with Gasteiger partial charge in [0.15, 0.2) is 0 Å². The summed E-state index contributed by atoms with van der Waals surface area (Å²) in [6.45, 7) is -2.47. The highest BCUT2D eigenvalue weighted by atomic mass is 31.2. The van der Waals surface area contributed by atoms with Crippen molar-refractivity contribution in [2.24, 2.45) is 0 Å². The van der Waals surface area contributed by atoms with Crippen LogP contribution in [0.2, 0.25) is 0 Å². The van der Waals surface area contributed by atoms with Gasteiger partial charge in [-0.3, -0.25) is 4.52 Å². The number of rotatable bonds is 5. The Labute approximate surface area is 76.2 Å². The van der Waals surface area contributed by atoms with Gasteiger partial charge < -0.3 is 25.1 Å². The van der Waals surface area contributed by atoms with Crippen molar-refractivity contribution in [3.63, 3.8) is 0 Å². The van der Waals surface area contributed by atoms with E-state index in [1.165, 1.54) is 0 Å². The lowest BCUT2D eigenvalue weighted by Gasteiger charge is -2.26. The molecule has 0 aliphatic carbocycles. The van der Waals surface area contributed by atoms with E-state index in [-0.39, 0.29) is 0 Å². The van der Waals surface area contributed by atoms with Crippen molar-refractivity contribution < 1.29 is 35.6 Å². The largest absolute Gasteiger partial charge is 0.469 e. The van der Waals surface area contributed by atoms with E-state index in [1.54, 1.807) is 0 Å². The molecule has 0 amide bonds. The minimum absolute atomic E-state index is 0.713. The molecule has 0 spiro atoms. The molecule has 0 heterocycles. The van der Waals surface area contributed by atoms with E-state index < -0.39 is 39.6 Å². The maximum atomic E-state index is 10.2. The van der Waals surface area contributed by atoms with Crippen LogP contribution >= 0.6 is 7.82 Å². The molecule has 0 aromatic heterocycles. The number of aliphatic hydroxyl groups excluding tert-OH is 2. The van der Waals surface area contributed by atoms with E-state index in [0.29, 0.717) is 0 Å². The van der Waals surface area contributed by atoms with Crippen molar-refractivity contribution in [2.45, 2.75) is 18.6 Å². The Morgan fingerprint density at radius 3 is 2.54 bits per heavy atom. The molecule has 80 valence electrons. The molecule has 0 bridgehead atoms. The SMILES string of the molecule is [2H]C[C@](O)(CO)[C@H](O)COP(=O)(O)O. The Morgan fingerprint density at radius 2 is 2.23 bits per heavy atom. The van der Waals surface area contributed by atoms with Gasteiger partial charge in [0.2, 0.25) is 0 Å². The van der Waals surface area contributed by atoms with E-state index in [2.05, 4.69) is 4.52 Å². The van der Waals surface area contributed by atoms with E-state index >= 15 is 0 Å². The average Bonchev–Trinajstić information content (AvgIpc) is 2.11. The summed E-state index contributed by atoms with van der Waals surface area (Å²) in [6.07, 6.45) is -1.74. The van der Waals surface area contributed by atoms with Gasteiger partial charge in [-0.15, -0.1) is 0 Å². The van der Waals surface area contributed by atoms with Crippen LogP contribution < -0.4 is 0 Å². The molecule has 13 heavy (non-hydrogen) atoms. The third kappa shape index (κ3) is 5.33. The number of hydrogen-bond acceptors (Lipinski definition) is 5. The first kappa shape index (κ1) is 11.1. The van der Waals surface area contributed by atoms with Gasteiger partial charge in [-0.2, -0.15) is 0 Å². The summed E-state index contributed by atoms with van der Waals surface area (Å²) in [5, 5.41) is 27.0. The number of phosphoric ester groups is 1. The zero-order chi connectivity index (χ0) is 11.4. The van der Waals surface area contributed by atoms with Crippen LogP contribution in [0.15, 0.2) is 0 Å². The highest BCUT2D eigenvalue weighted by molar-refractivity contribution is 7.46. The average molecular weight is 217 g/mol. The second kappa shape index (κ2) is 4.47. The minimum Gasteiger partial charge on any atom is -0.393 e. The topological polar surface area (TPSA) is 127 Å². The van der Waals surface area contributed by atoms with Crippen LogP contribution in [0.3, 0.4) is 0 Å². The smallest absolute Gasteiger partial charge is 0.393 e. The van der Waals surface area contributed by atoms with Gasteiger partial charge in [0.1, 0.15) is 11.7 Å². The van der Waals surface area contributed by atoms with E-state index in [4.69, 9.17) is 21.4 Å². The monoisotopic (exact) mass is 217 g/mol. The highest BCUT2D eigenvalue weighted by Gasteiger charge is 2.31. The molecule has 2 atom stereocenters. The van der Waals surface area contributed by atoms with Crippen molar-refractivity contribution >= 4 is 7.82 Å². The number of phosphoric acid groups is 1. The first-order chi connectivity index (χ1) is 6.25. The Kier molecular flexibility index (Phi) is 3.81. The summed E-state index contributed by atoms with van der Waals surface area (Å²) in [5.41, 5.74) is -2.13. The quantitative estimate of drug-likeness (QED) is 0.344. The molecule has 5 N–H and O–H groups in total. The van der Waals surface area contributed by atoms with Crippen molar-refractivity contribution in [3.8, 4) is 0 Å². The molecule has 8 heteroatoms. The van der Waals surface area contributed by atoms with Crippen LogP contribution in [0.4, 0.5) is 0 Å². The lowest BCUT2D eigenvalue weighted by atomic mass is 10.0. The molecule has 0 unspecified atom stereocenters. The van der Waals surface area contributed by atoms with Gasteiger partial charge in [0.25, 0.3) is 0 Å². The maximum absolute atomic E-state index is 10.2. The molecular weight excluding hydrogens is 203 g/mol. The van der Waals surface area contributed by atoms with Crippen LogP contribution in [-0.2, 0) is 9.09 Å². The maximum Gasteiger partial charge on any atom is 0.469 e. The van der Waals surface area contributed by atoms with Crippen molar-refractivity contribution in [1.29, 1.82) is 0 Å². The molecule has 0 aromatic rings. The van der Waals surface area contributed by atoms with Crippen LogP contribution in [0.1, 0.15) is 8.27 Å². The van der Waals surface area contributed by atoms with Crippen LogP contribution in [0, 0.1) is 0 Å². The molecule has 0 fully saturated rings. The third-order valence-corrected chi connectivity index (χ3v) is 1.78. The summed E-state index contributed by atoms with van der Waals surface area (Å²) in [5.74, 6) is 0. The van der Waals surface area contributed by atoms with E-state index in [9.17, 15) is 9.67 Å². The Bertz CT molecular complexity index is 212. The molecule has 0 rings (SSSR count). The second-order valence-corrected chi connectivity index (χ2v) is 3.80. The lowest BCUT2D eigenvalue weighted by molar-refractivity contribution is -0.107. The van der Waals surface area contributed by atoms with Crippen molar-refractivity contribution in [2.75, 3.05) is 13.2 Å². The molecule has 0 aliphatic heterocycles. The fraction of sp³-hybridized carbons (Fsp3) is 1.00. The number of hydrogen-bond donors (Lipinski definition) is 5. The Hall–Kier alpha value is -0.0100. The second-order valence-electron chi connectivity index (χ2n) is 2.56. The van der Waals surface area contributed by atoms with Crippen LogP contribution in [0.5, 0.6) is 0 Å². The zero-order valence-corrected chi connectivity index (χ0v) is 7.59. The predicted molar refractivity (Wildman–Crippen MR) is 41.7 cm³/mol. The molecule has 7 nitrogen and oxygen atoms in total. The van der Waals surface area contributed by atoms with Gasteiger partial charge in [-0.05, 0) is 6.90 Å². The van der Waals surface area contributed by atoms with Gasteiger partial charge in [-0.25, -0.2) is 4.57 Å². The molecule has 0 saturated heterocycles. The van der Waals surface area contributed by atoms with Gasteiger partial charge in [-0.1, -0.05) is 0 Å². The predicted octanol–water partition coefficient (Wildman–Crippen LogP) is -1.80. The minimum atomic E-state index is -4.72. The fourth-order valence-corrected chi connectivity index (χ4v) is 0.764. The molecular formula is C5H13O7P. The molecule has 0 saturated carbocycles. The van der Waals surface area contributed by atoms with Crippen LogP contribution in [0.25, 0.3) is 0 Å². The Balaban J connectivity index is 4.19. The zero-order valence-electron chi connectivity index (χ0n) is 7.70. The summed E-state index contributed by atoms with van der Waals surface area (Å²) in [6, 6.07) is 0.